The van der Waals surface area contributed by atoms with Crippen LogP contribution in [0.1, 0.15) is 50.5 Å². The van der Waals surface area contributed by atoms with E-state index in [4.69, 9.17) is 4.74 Å². The quantitative estimate of drug-likeness (QED) is 0.706. The summed E-state index contributed by atoms with van der Waals surface area (Å²) in [4.78, 5) is 0. The summed E-state index contributed by atoms with van der Waals surface area (Å²) >= 11 is 0. The average molecular weight is 286 g/mol. The second-order valence-corrected chi connectivity index (χ2v) is 6.18. The first-order valence-corrected chi connectivity index (χ1v) is 7.99. The fourth-order valence-corrected chi connectivity index (χ4v) is 3.61. The molecule has 0 radical (unpaired) electrons. The van der Waals surface area contributed by atoms with Crippen molar-refractivity contribution in [2.45, 2.75) is 44.9 Å². The van der Waals surface area contributed by atoms with Gasteiger partial charge in [0, 0.05) is 5.39 Å². The maximum atomic E-state index is 14.8. The molecule has 0 aromatic heterocycles. The highest BCUT2D eigenvalue weighted by Gasteiger charge is 2.24. The zero-order chi connectivity index (χ0) is 14.8. The maximum Gasteiger partial charge on any atom is 0.134 e. The zero-order valence-electron chi connectivity index (χ0n) is 12.9. The van der Waals surface area contributed by atoms with Crippen molar-refractivity contribution in [1.29, 1.82) is 0 Å². The highest BCUT2D eigenvalue weighted by molar-refractivity contribution is 5.85. The van der Waals surface area contributed by atoms with Gasteiger partial charge in [-0.3, -0.25) is 0 Å². The predicted molar refractivity (Wildman–Crippen MR) is 85.4 cm³/mol. The van der Waals surface area contributed by atoms with E-state index in [0.29, 0.717) is 11.3 Å². The third kappa shape index (κ3) is 2.76. The molecule has 0 saturated heterocycles. The summed E-state index contributed by atoms with van der Waals surface area (Å²) in [7, 11) is 1.64. The number of halogens is 1. The molecule has 0 amide bonds. The van der Waals surface area contributed by atoms with Crippen molar-refractivity contribution >= 4 is 10.8 Å². The maximum absolute atomic E-state index is 14.8. The molecular weight excluding hydrogens is 263 g/mol. The lowest BCUT2D eigenvalue weighted by molar-refractivity contribution is 0.315. The van der Waals surface area contributed by atoms with E-state index in [9.17, 15) is 4.39 Å². The molecule has 1 fully saturated rings. The number of benzene rings is 2. The van der Waals surface area contributed by atoms with Gasteiger partial charge in [0.15, 0.2) is 0 Å². The van der Waals surface area contributed by atoms with Crippen LogP contribution >= 0.6 is 0 Å². The van der Waals surface area contributed by atoms with Gasteiger partial charge in [0.25, 0.3) is 0 Å². The normalized spacial score (nSPS) is 22.4. The topological polar surface area (TPSA) is 9.23 Å². The van der Waals surface area contributed by atoms with E-state index >= 15 is 0 Å². The highest BCUT2D eigenvalue weighted by atomic mass is 19.1. The first-order chi connectivity index (χ1) is 10.2. The summed E-state index contributed by atoms with van der Waals surface area (Å²) in [5.41, 5.74) is 0.905. The second-order valence-electron chi connectivity index (χ2n) is 6.18. The van der Waals surface area contributed by atoms with E-state index in [1.165, 1.54) is 19.3 Å². The van der Waals surface area contributed by atoms with E-state index in [2.05, 4.69) is 6.92 Å². The van der Waals surface area contributed by atoms with Gasteiger partial charge in [-0.15, -0.1) is 0 Å². The van der Waals surface area contributed by atoms with Crippen molar-refractivity contribution in [2.24, 2.45) is 5.92 Å². The van der Waals surface area contributed by atoms with Gasteiger partial charge in [-0.25, -0.2) is 4.39 Å². The summed E-state index contributed by atoms with van der Waals surface area (Å²) in [5, 5.41) is 1.63. The molecule has 1 aliphatic rings. The van der Waals surface area contributed by atoms with Crippen molar-refractivity contribution in [1.82, 2.24) is 0 Å². The van der Waals surface area contributed by atoms with Gasteiger partial charge >= 0.3 is 0 Å². The van der Waals surface area contributed by atoms with E-state index in [-0.39, 0.29) is 5.82 Å². The number of fused-ring (bicyclic) bond motifs is 1. The minimum atomic E-state index is -0.0323. The van der Waals surface area contributed by atoms with Crippen molar-refractivity contribution in [3.8, 4) is 5.75 Å². The minimum Gasteiger partial charge on any atom is -0.497 e. The number of hydrogen-bond donors (Lipinski definition) is 0. The Morgan fingerprint density at radius 1 is 1.10 bits per heavy atom. The third-order valence-electron chi connectivity index (χ3n) is 5.06. The SMILES string of the molecule is CCC1CCC(c2ccc3cc(OC)ccc3c2F)CC1. The minimum absolute atomic E-state index is 0.0323. The predicted octanol–water partition coefficient (Wildman–Crippen LogP) is 5.67. The van der Waals surface area contributed by atoms with Gasteiger partial charge in [0.1, 0.15) is 11.6 Å². The fourth-order valence-electron chi connectivity index (χ4n) is 3.61. The van der Waals surface area contributed by atoms with Gasteiger partial charge in [-0.2, -0.15) is 0 Å². The first kappa shape index (κ1) is 14.4. The number of ether oxygens (including phenoxy) is 1. The molecule has 0 atom stereocenters. The van der Waals surface area contributed by atoms with Gasteiger partial charge in [-0.1, -0.05) is 25.5 Å². The Kier molecular flexibility index (Phi) is 4.14. The van der Waals surface area contributed by atoms with E-state index in [0.717, 1.165) is 35.5 Å². The van der Waals surface area contributed by atoms with Crippen LogP contribution in [-0.4, -0.2) is 7.11 Å². The molecule has 0 aliphatic heterocycles. The zero-order valence-corrected chi connectivity index (χ0v) is 12.9. The van der Waals surface area contributed by atoms with Crippen LogP contribution in [0.15, 0.2) is 30.3 Å². The van der Waals surface area contributed by atoms with Crippen molar-refractivity contribution < 1.29 is 9.13 Å². The molecule has 0 heterocycles. The van der Waals surface area contributed by atoms with Crippen LogP contribution in [0.2, 0.25) is 0 Å². The first-order valence-electron chi connectivity index (χ1n) is 7.99. The van der Waals surface area contributed by atoms with Crippen LogP contribution in [0.5, 0.6) is 5.75 Å². The molecule has 0 spiro atoms. The van der Waals surface area contributed by atoms with Crippen LogP contribution in [0.25, 0.3) is 10.8 Å². The Hall–Kier alpha value is -1.57. The lowest BCUT2D eigenvalue weighted by Crippen LogP contribution is -2.13. The van der Waals surface area contributed by atoms with E-state index in [1.807, 2.05) is 30.3 Å². The van der Waals surface area contributed by atoms with Crippen LogP contribution in [0.4, 0.5) is 4.39 Å². The fraction of sp³-hybridized carbons (Fsp3) is 0.474. The summed E-state index contributed by atoms with van der Waals surface area (Å²) < 4.78 is 20.0. The molecular formula is C19H23FO. The number of methoxy groups -OCH3 is 1. The molecule has 0 unspecified atom stereocenters. The van der Waals surface area contributed by atoms with Crippen LogP contribution in [0.3, 0.4) is 0 Å². The van der Waals surface area contributed by atoms with Gasteiger partial charge < -0.3 is 4.74 Å². The average Bonchev–Trinajstić information content (AvgIpc) is 2.55. The van der Waals surface area contributed by atoms with Gasteiger partial charge in [0.2, 0.25) is 0 Å². The molecule has 2 aromatic carbocycles. The summed E-state index contributed by atoms with van der Waals surface area (Å²) in [6.45, 7) is 2.26. The Bertz CT molecular complexity index is 627. The van der Waals surface area contributed by atoms with Crippen LogP contribution < -0.4 is 4.74 Å². The largest absolute Gasteiger partial charge is 0.497 e. The molecule has 21 heavy (non-hydrogen) atoms. The molecule has 2 aromatic rings. The lowest BCUT2D eigenvalue weighted by Gasteiger charge is -2.28. The smallest absolute Gasteiger partial charge is 0.134 e. The van der Waals surface area contributed by atoms with E-state index < -0.39 is 0 Å². The Morgan fingerprint density at radius 3 is 2.52 bits per heavy atom. The standard InChI is InChI=1S/C19H23FO/c1-3-13-4-6-14(7-5-13)17-10-8-15-12-16(21-2)9-11-18(15)19(17)20/h8-14H,3-7H2,1-2H3. The Labute approximate surface area is 126 Å². The molecule has 3 rings (SSSR count). The van der Waals surface area contributed by atoms with Gasteiger partial charge in [-0.05, 0) is 66.7 Å². The van der Waals surface area contributed by atoms with E-state index in [1.54, 1.807) is 7.11 Å². The number of rotatable bonds is 3. The highest BCUT2D eigenvalue weighted by Crippen LogP contribution is 2.39. The Morgan fingerprint density at radius 2 is 1.86 bits per heavy atom. The summed E-state index contributed by atoms with van der Waals surface area (Å²) in [6.07, 6.45) is 5.98. The molecule has 1 saturated carbocycles. The molecule has 1 aliphatic carbocycles. The lowest BCUT2D eigenvalue weighted by atomic mass is 9.77. The second kappa shape index (κ2) is 6.05. The van der Waals surface area contributed by atoms with Crippen molar-refractivity contribution in [3.05, 3.63) is 41.7 Å². The molecule has 1 nitrogen and oxygen atoms in total. The van der Waals surface area contributed by atoms with Gasteiger partial charge in [0.05, 0.1) is 7.11 Å². The van der Waals surface area contributed by atoms with Crippen molar-refractivity contribution in [3.63, 3.8) is 0 Å². The summed E-state index contributed by atoms with van der Waals surface area (Å²) in [5.74, 6) is 1.97. The van der Waals surface area contributed by atoms with Crippen LogP contribution in [-0.2, 0) is 0 Å². The Balaban J connectivity index is 1.91. The number of hydrogen-bond acceptors (Lipinski definition) is 1. The van der Waals surface area contributed by atoms with Crippen LogP contribution in [0, 0.1) is 11.7 Å². The monoisotopic (exact) mass is 286 g/mol. The van der Waals surface area contributed by atoms with Crippen molar-refractivity contribution in [2.75, 3.05) is 7.11 Å². The third-order valence-corrected chi connectivity index (χ3v) is 5.06. The molecule has 2 heteroatoms. The summed E-state index contributed by atoms with van der Waals surface area (Å²) in [6, 6.07) is 9.58. The molecule has 112 valence electrons. The molecule has 0 bridgehead atoms. The molecule has 0 N–H and O–H groups in total.